The van der Waals surface area contributed by atoms with Gasteiger partial charge in [-0.25, -0.2) is 0 Å². The lowest BCUT2D eigenvalue weighted by atomic mass is 9.87. The average molecular weight is 373 g/mol. The molecule has 27 heavy (non-hydrogen) atoms. The van der Waals surface area contributed by atoms with Crippen molar-refractivity contribution in [3.05, 3.63) is 59.0 Å². The SMILES string of the molecule is Cc1ccc(-c2[nH]ncc2CN[C@@H]2CCCc3cc(OC(F)F)ccc32)o1. The molecule has 0 radical (unpaired) electrons. The van der Waals surface area contributed by atoms with Gasteiger partial charge in [-0.15, -0.1) is 0 Å². The molecule has 0 aliphatic heterocycles. The molecule has 4 rings (SSSR count). The topological polar surface area (TPSA) is 63.1 Å². The molecule has 7 heteroatoms. The van der Waals surface area contributed by atoms with Crippen molar-refractivity contribution >= 4 is 0 Å². The summed E-state index contributed by atoms with van der Waals surface area (Å²) >= 11 is 0. The molecular weight excluding hydrogens is 352 g/mol. The molecule has 1 atom stereocenters. The van der Waals surface area contributed by atoms with Crippen molar-refractivity contribution in [1.29, 1.82) is 0 Å². The molecule has 0 saturated heterocycles. The van der Waals surface area contributed by atoms with Crippen LogP contribution in [0.3, 0.4) is 0 Å². The second-order valence-corrected chi connectivity index (χ2v) is 6.75. The van der Waals surface area contributed by atoms with Gasteiger partial charge in [-0.05, 0) is 61.6 Å². The highest BCUT2D eigenvalue weighted by molar-refractivity contribution is 5.56. The third-order valence-corrected chi connectivity index (χ3v) is 4.90. The number of alkyl halides is 2. The van der Waals surface area contributed by atoms with Crippen LogP contribution in [-0.2, 0) is 13.0 Å². The van der Waals surface area contributed by atoms with E-state index >= 15 is 0 Å². The normalized spacial score (nSPS) is 16.5. The Kier molecular flexibility index (Phi) is 4.94. The van der Waals surface area contributed by atoms with Crippen molar-refractivity contribution in [1.82, 2.24) is 15.5 Å². The Morgan fingerprint density at radius 2 is 2.22 bits per heavy atom. The van der Waals surface area contributed by atoms with Gasteiger partial charge in [-0.1, -0.05) is 6.07 Å². The van der Waals surface area contributed by atoms with Gasteiger partial charge in [0.1, 0.15) is 17.2 Å². The van der Waals surface area contributed by atoms with Gasteiger partial charge in [0.05, 0.1) is 6.20 Å². The molecule has 0 bridgehead atoms. The number of nitrogens with one attached hydrogen (secondary N) is 2. The first-order chi connectivity index (χ1) is 13.1. The van der Waals surface area contributed by atoms with Crippen LogP contribution in [0.25, 0.3) is 11.5 Å². The second-order valence-electron chi connectivity index (χ2n) is 6.75. The number of aromatic nitrogens is 2. The van der Waals surface area contributed by atoms with Crippen LogP contribution in [0.4, 0.5) is 8.78 Å². The van der Waals surface area contributed by atoms with E-state index < -0.39 is 6.61 Å². The number of aryl methyl sites for hydroxylation is 2. The number of halogens is 2. The van der Waals surface area contributed by atoms with Gasteiger partial charge in [-0.2, -0.15) is 13.9 Å². The Labute approximate surface area is 155 Å². The third kappa shape index (κ3) is 3.88. The largest absolute Gasteiger partial charge is 0.460 e. The number of ether oxygens (including phenoxy) is 1. The molecule has 142 valence electrons. The summed E-state index contributed by atoms with van der Waals surface area (Å²) in [7, 11) is 0. The number of rotatable bonds is 6. The zero-order chi connectivity index (χ0) is 18.8. The van der Waals surface area contributed by atoms with Crippen molar-refractivity contribution in [2.75, 3.05) is 0 Å². The van der Waals surface area contributed by atoms with Crippen LogP contribution in [0.5, 0.6) is 5.75 Å². The zero-order valence-corrected chi connectivity index (χ0v) is 15.0. The number of nitrogens with zero attached hydrogens (tertiary/aromatic N) is 1. The minimum Gasteiger partial charge on any atom is -0.460 e. The van der Waals surface area contributed by atoms with Gasteiger partial charge in [0, 0.05) is 18.2 Å². The standard InChI is InChI=1S/C20H21F2N3O2/c1-12-5-8-18(26-12)19-14(11-24-25-19)10-23-17-4-2-3-13-9-15(27-20(21)22)6-7-16(13)17/h5-9,11,17,20,23H,2-4,10H2,1H3,(H,24,25)/t17-/m1/s1. The highest BCUT2D eigenvalue weighted by Crippen LogP contribution is 2.33. The molecule has 2 aromatic heterocycles. The maximum atomic E-state index is 12.4. The van der Waals surface area contributed by atoms with Crippen molar-refractivity contribution in [2.45, 2.75) is 45.4 Å². The first kappa shape index (κ1) is 17.7. The Morgan fingerprint density at radius 1 is 1.33 bits per heavy atom. The molecule has 5 nitrogen and oxygen atoms in total. The number of H-pyrrole nitrogens is 1. The van der Waals surface area contributed by atoms with E-state index in [9.17, 15) is 8.78 Å². The van der Waals surface area contributed by atoms with Crippen LogP contribution in [0.1, 0.15) is 41.3 Å². The van der Waals surface area contributed by atoms with Crippen LogP contribution in [-0.4, -0.2) is 16.8 Å². The summed E-state index contributed by atoms with van der Waals surface area (Å²) in [6, 6.07) is 9.23. The lowest BCUT2D eigenvalue weighted by molar-refractivity contribution is -0.0499. The second kappa shape index (κ2) is 7.52. The molecule has 0 unspecified atom stereocenters. The van der Waals surface area contributed by atoms with E-state index in [1.54, 1.807) is 18.3 Å². The third-order valence-electron chi connectivity index (χ3n) is 4.90. The van der Waals surface area contributed by atoms with Gasteiger partial charge < -0.3 is 14.5 Å². The fourth-order valence-electron chi connectivity index (χ4n) is 3.64. The Hall–Kier alpha value is -2.67. The average Bonchev–Trinajstić information content (AvgIpc) is 3.27. The van der Waals surface area contributed by atoms with Gasteiger partial charge in [0.15, 0.2) is 5.76 Å². The fraction of sp³-hybridized carbons (Fsp3) is 0.350. The predicted molar refractivity (Wildman–Crippen MR) is 96.6 cm³/mol. The van der Waals surface area contributed by atoms with E-state index in [1.807, 2.05) is 25.1 Å². The summed E-state index contributed by atoms with van der Waals surface area (Å²) in [5.74, 6) is 1.83. The van der Waals surface area contributed by atoms with Crippen molar-refractivity contribution in [2.24, 2.45) is 0 Å². The molecule has 0 fully saturated rings. The number of fused-ring (bicyclic) bond motifs is 1. The molecule has 1 aliphatic carbocycles. The number of hydrogen-bond donors (Lipinski definition) is 2. The lowest BCUT2D eigenvalue weighted by Gasteiger charge is -2.27. The first-order valence-corrected chi connectivity index (χ1v) is 9.00. The minimum absolute atomic E-state index is 0.162. The van der Waals surface area contributed by atoms with Gasteiger partial charge in [0.2, 0.25) is 0 Å². The Morgan fingerprint density at radius 3 is 3.00 bits per heavy atom. The molecule has 0 saturated carbocycles. The summed E-state index contributed by atoms with van der Waals surface area (Å²) in [5, 5.41) is 10.7. The van der Waals surface area contributed by atoms with Crippen molar-refractivity contribution in [3.8, 4) is 17.2 Å². The van der Waals surface area contributed by atoms with Gasteiger partial charge in [-0.3, -0.25) is 5.10 Å². The fourth-order valence-corrected chi connectivity index (χ4v) is 3.64. The molecule has 0 amide bonds. The van der Waals surface area contributed by atoms with Gasteiger partial charge >= 0.3 is 6.61 Å². The summed E-state index contributed by atoms with van der Waals surface area (Å²) in [6.07, 6.45) is 4.66. The van der Waals surface area contributed by atoms with E-state index in [-0.39, 0.29) is 11.8 Å². The summed E-state index contributed by atoms with van der Waals surface area (Å²) in [6.45, 7) is -0.265. The number of aromatic amines is 1. The van der Waals surface area contributed by atoms with Crippen LogP contribution in [0.2, 0.25) is 0 Å². The molecule has 2 N–H and O–H groups in total. The van der Waals surface area contributed by atoms with Crippen molar-refractivity contribution in [3.63, 3.8) is 0 Å². The maximum absolute atomic E-state index is 12.4. The van der Waals surface area contributed by atoms with Crippen molar-refractivity contribution < 1.29 is 17.9 Å². The molecule has 1 aromatic carbocycles. The quantitative estimate of drug-likeness (QED) is 0.655. The molecule has 3 aromatic rings. The number of furan rings is 1. The van der Waals surface area contributed by atoms with Crippen LogP contribution in [0, 0.1) is 6.92 Å². The van der Waals surface area contributed by atoms with E-state index in [0.717, 1.165) is 53.2 Å². The maximum Gasteiger partial charge on any atom is 0.387 e. The molecule has 0 spiro atoms. The summed E-state index contributed by atoms with van der Waals surface area (Å²) in [4.78, 5) is 0. The highest BCUT2D eigenvalue weighted by Gasteiger charge is 2.22. The molecular formula is C20H21F2N3O2. The van der Waals surface area contributed by atoms with E-state index in [4.69, 9.17) is 4.42 Å². The van der Waals surface area contributed by atoms with E-state index in [2.05, 4.69) is 20.3 Å². The van der Waals surface area contributed by atoms with E-state index in [1.165, 1.54) is 0 Å². The zero-order valence-electron chi connectivity index (χ0n) is 15.0. The van der Waals surface area contributed by atoms with E-state index in [0.29, 0.717) is 6.54 Å². The highest BCUT2D eigenvalue weighted by atomic mass is 19.3. The predicted octanol–water partition coefficient (Wildman–Crippen LogP) is 4.75. The van der Waals surface area contributed by atoms with Crippen LogP contribution >= 0.6 is 0 Å². The Bertz CT molecular complexity index is 920. The minimum atomic E-state index is -2.80. The smallest absolute Gasteiger partial charge is 0.387 e. The first-order valence-electron chi connectivity index (χ1n) is 9.00. The molecule has 1 aliphatic rings. The summed E-state index contributed by atoms with van der Waals surface area (Å²) < 4.78 is 35.1. The molecule has 2 heterocycles. The van der Waals surface area contributed by atoms with Crippen LogP contribution < -0.4 is 10.1 Å². The summed E-state index contributed by atoms with van der Waals surface area (Å²) in [5.41, 5.74) is 4.09. The number of hydrogen-bond acceptors (Lipinski definition) is 4. The number of benzene rings is 1. The van der Waals surface area contributed by atoms with Gasteiger partial charge in [0.25, 0.3) is 0 Å². The monoisotopic (exact) mass is 373 g/mol. The Balaban J connectivity index is 1.48. The van der Waals surface area contributed by atoms with Crippen LogP contribution in [0.15, 0.2) is 40.9 Å². The lowest BCUT2D eigenvalue weighted by Crippen LogP contribution is -2.25.